The summed E-state index contributed by atoms with van der Waals surface area (Å²) >= 11 is 0. The minimum atomic E-state index is 0.0906. The summed E-state index contributed by atoms with van der Waals surface area (Å²) in [6, 6.07) is 9.04. The lowest BCUT2D eigenvalue weighted by Gasteiger charge is -2.43. The van der Waals surface area contributed by atoms with Gasteiger partial charge in [-0.1, -0.05) is 44.0 Å². The van der Waals surface area contributed by atoms with Crippen LogP contribution in [0.3, 0.4) is 0 Å². The SMILES string of the molecule is CC1CCCCC1(N)CC1CCCc2ccccc21. The third-order valence-electron chi connectivity index (χ3n) is 5.63. The lowest BCUT2D eigenvalue weighted by molar-refractivity contribution is 0.176. The number of fused-ring (bicyclic) bond motifs is 1. The molecular formula is C18H27N. The van der Waals surface area contributed by atoms with Crippen molar-refractivity contribution < 1.29 is 0 Å². The predicted molar refractivity (Wildman–Crippen MR) is 81.3 cm³/mol. The highest BCUT2D eigenvalue weighted by Gasteiger charge is 2.37. The smallest absolute Gasteiger partial charge is 0.0186 e. The van der Waals surface area contributed by atoms with Gasteiger partial charge in [0.2, 0.25) is 0 Å². The molecule has 1 saturated carbocycles. The topological polar surface area (TPSA) is 26.0 Å². The number of nitrogens with two attached hydrogens (primary N) is 1. The summed E-state index contributed by atoms with van der Waals surface area (Å²) in [6.07, 6.45) is 10.4. The van der Waals surface area contributed by atoms with Crippen molar-refractivity contribution in [2.75, 3.05) is 0 Å². The first kappa shape index (κ1) is 13.2. The van der Waals surface area contributed by atoms with Gasteiger partial charge in [0.15, 0.2) is 0 Å². The van der Waals surface area contributed by atoms with Crippen molar-refractivity contribution in [1.29, 1.82) is 0 Å². The van der Waals surface area contributed by atoms with Crippen molar-refractivity contribution in [3.05, 3.63) is 35.4 Å². The van der Waals surface area contributed by atoms with E-state index in [1.165, 1.54) is 51.4 Å². The molecule has 1 nitrogen and oxygen atoms in total. The first-order valence-corrected chi connectivity index (χ1v) is 8.06. The monoisotopic (exact) mass is 257 g/mol. The van der Waals surface area contributed by atoms with Crippen LogP contribution in [-0.4, -0.2) is 5.54 Å². The molecule has 0 spiro atoms. The van der Waals surface area contributed by atoms with Crippen LogP contribution in [-0.2, 0) is 6.42 Å². The van der Waals surface area contributed by atoms with Gasteiger partial charge < -0.3 is 5.73 Å². The molecule has 0 amide bonds. The average Bonchev–Trinajstić information content (AvgIpc) is 2.43. The summed E-state index contributed by atoms with van der Waals surface area (Å²) < 4.78 is 0. The Kier molecular flexibility index (Phi) is 3.66. The Labute approximate surface area is 117 Å². The zero-order valence-corrected chi connectivity index (χ0v) is 12.2. The van der Waals surface area contributed by atoms with Crippen LogP contribution < -0.4 is 5.73 Å². The minimum Gasteiger partial charge on any atom is -0.325 e. The summed E-state index contributed by atoms with van der Waals surface area (Å²) in [5.41, 5.74) is 10.0. The van der Waals surface area contributed by atoms with Crippen LogP contribution in [0.15, 0.2) is 24.3 Å². The van der Waals surface area contributed by atoms with Gasteiger partial charge in [-0.25, -0.2) is 0 Å². The number of rotatable bonds is 2. The number of aryl methyl sites for hydroxylation is 1. The summed E-state index contributed by atoms with van der Waals surface area (Å²) in [6.45, 7) is 2.37. The van der Waals surface area contributed by atoms with Crippen LogP contribution >= 0.6 is 0 Å². The molecule has 0 bridgehead atoms. The van der Waals surface area contributed by atoms with Crippen molar-refractivity contribution in [1.82, 2.24) is 0 Å². The van der Waals surface area contributed by atoms with Crippen molar-refractivity contribution >= 4 is 0 Å². The molecule has 1 fully saturated rings. The number of hydrogen-bond acceptors (Lipinski definition) is 1. The second-order valence-corrected chi connectivity index (χ2v) is 6.87. The Balaban J connectivity index is 1.80. The molecule has 1 aromatic rings. The highest BCUT2D eigenvalue weighted by atomic mass is 14.8. The lowest BCUT2D eigenvalue weighted by Crippen LogP contribution is -2.49. The molecule has 19 heavy (non-hydrogen) atoms. The second kappa shape index (κ2) is 5.28. The molecule has 0 saturated heterocycles. The van der Waals surface area contributed by atoms with Gasteiger partial charge in [0, 0.05) is 5.54 Å². The number of benzene rings is 1. The Morgan fingerprint density at radius 3 is 2.84 bits per heavy atom. The van der Waals surface area contributed by atoms with Crippen molar-refractivity contribution in [2.45, 2.75) is 69.7 Å². The van der Waals surface area contributed by atoms with Crippen molar-refractivity contribution in [2.24, 2.45) is 11.7 Å². The van der Waals surface area contributed by atoms with Crippen LogP contribution in [0, 0.1) is 5.92 Å². The Bertz CT molecular complexity index is 439. The Hall–Kier alpha value is -0.820. The van der Waals surface area contributed by atoms with Gasteiger partial charge in [-0.2, -0.15) is 0 Å². The third-order valence-corrected chi connectivity index (χ3v) is 5.63. The van der Waals surface area contributed by atoms with Gasteiger partial charge in [0.05, 0.1) is 0 Å². The van der Waals surface area contributed by atoms with Gasteiger partial charge in [0.1, 0.15) is 0 Å². The number of hydrogen-bond donors (Lipinski definition) is 1. The Morgan fingerprint density at radius 2 is 2.00 bits per heavy atom. The minimum absolute atomic E-state index is 0.0906. The summed E-state index contributed by atoms with van der Waals surface area (Å²) in [7, 11) is 0. The standard InChI is InChI=1S/C18H27N/c1-14-7-4-5-12-18(14,19)13-16-10-6-9-15-8-2-3-11-17(15)16/h2-3,8,11,14,16H,4-7,9-10,12-13,19H2,1H3. The lowest BCUT2D eigenvalue weighted by atomic mass is 9.67. The summed E-state index contributed by atoms with van der Waals surface area (Å²) in [5, 5.41) is 0. The average molecular weight is 257 g/mol. The van der Waals surface area contributed by atoms with E-state index < -0.39 is 0 Å². The molecule has 3 rings (SSSR count). The maximum Gasteiger partial charge on any atom is 0.0186 e. The van der Waals surface area contributed by atoms with E-state index in [4.69, 9.17) is 5.73 Å². The fourth-order valence-electron chi connectivity index (χ4n) is 4.27. The molecule has 1 heteroatoms. The highest BCUT2D eigenvalue weighted by molar-refractivity contribution is 5.33. The molecule has 1 aromatic carbocycles. The first-order chi connectivity index (χ1) is 9.19. The van der Waals surface area contributed by atoms with E-state index in [1.54, 1.807) is 11.1 Å². The van der Waals surface area contributed by atoms with Crippen LogP contribution in [0.4, 0.5) is 0 Å². The Morgan fingerprint density at radius 1 is 1.16 bits per heavy atom. The quantitative estimate of drug-likeness (QED) is 0.834. The molecule has 0 heterocycles. The van der Waals surface area contributed by atoms with Crippen LogP contribution in [0.5, 0.6) is 0 Å². The molecule has 3 atom stereocenters. The fraction of sp³-hybridized carbons (Fsp3) is 0.667. The molecular weight excluding hydrogens is 230 g/mol. The normalized spacial score (nSPS) is 34.8. The van der Waals surface area contributed by atoms with E-state index in [-0.39, 0.29) is 5.54 Å². The van der Waals surface area contributed by atoms with Gasteiger partial charge in [-0.3, -0.25) is 0 Å². The van der Waals surface area contributed by atoms with E-state index in [1.807, 2.05) is 0 Å². The van der Waals surface area contributed by atoms with Gasteiger partial charge in [0.25, 0.3) is 0 Å². The molecule has 104 valence electrons. The zero-order chi connectivity index (χ0) is 13.3. The maximum absolute atomic E-state index is 6.79. The third kappa shape index (κ3) is 2.58. The largest absolute Gasteiger partial charge is 0.325 e. The van der Waals surface area contributed by atoms with Crippen LogP contribution in [0.25, 0.3) is 0 Å². The maximum atomic E-state index is 6.79. The molecule has 2 N–H and O–H groups in total. The van der Waals surface area contributed by atoms with Gasteiger partial charge in [-0.05, 0) is 61.5 Å². The predicted octanol–water partition coefficient (Wildman–Crippen LogP) is 4.40. The molecule has 2 aliphatic rings. The van der Waals surface area contributed by atoms with Crippen LogP contribution in [0.1, 0.15) is 68.9 Å². The van der Waals surface area contributed by atoms with Gasteiger partial charge >= 0.3 is 0 Å². The summed E-state index contributed by atoms with van der Waals surface area (Å²) in [5.74, 6) is 1.39. The second-order valence-electron chi connectivity index (χ2n) is 6.87. The molecule has 2 aliphatic carbocycles. The van der Waals surface area contributed by atoms with E-state index in [2.05, 4.69) is 31.2 Å². The summed E-state index contributed by atoms with van der Waals surface area (Å²) in [4.78, 5) is 0. The van der Waals surface area contributed by atoms with Crippen molar-refractivity contribution in [3.8, 4) is 0 Å². The molecule has 3 unspecified atom stereocenters. The first-order valence-electron chi connectivity index (χ1n) is 8.06. The highest BCUT2D eigenvalue weighted by Crippen LogP contribution is 2.42. The molecule has 0 radical (unpaired) electrons. The van der Waals surface area contributed by atoms with Crippen LogP contribution in [0.2, 0.25) is 0 Å². The van der Waals surface area contributed by atoms with Crippen molar-refractivity contribution in [3.63, 3.8) is 0 Å². The van der Waals surface area contributed by atoms with E-state index >= 15 is 0 Å². The van der Waals surface area contributed by atoms with Gasteiger partial charge in [-0.15, -0.1) is 0 Å². The molecule has 0 aromatic heterocycles. The zero-order valence-electron chi connectivity index (χ0n) is 12.2. The fourth-order valence-corrected chi connectivity index (χ4v) is 4.27. The van der Waals surface area contributed by atoms with E-state index in [0.717, 1.165) is 0 Å². The van der Waals surface area contributed by atoms with E-state index in [9.17, 15) is 0 Å². The van der Waals surface area contributed by atoms with E-state index in [0.29, 0.717) is 11.8 Å². The molecule has 0 aliphatic heterocycles.